The number of amides is 2. The lowest BCUT2D eigenvalue weighted by Crippen LogP contribution is -2.45. The molecule has 2 amide bonds. The summed E-state index contributed by atoms with van der Waals surface area (Å²) < 4.78 is 5.44. The maximum absolute atomic E-state index is 12.1. The van der Waals surface area contributed by atoms with E-state index in [-0.39, 0.29) is 24.0 Å². The van der Waals surface area contributed by atoms with Gasteiger partial charge in [0.1, 0.15) is 5.71 Å². The van der Waals surface area contributed by atoms with Crippen molar-refractivity contribution < 1.29 is 14.3 Å². The fourth-order valence-electron chi connectivity index (χ4n) is 2.21. The van der Waals surface area contributed by atoms with Gasteiger partial charge in [-0.3, -0.25) is 9.59 Å². The van der Waals surface area contributed by atoms with E-state index in [1.165, 1.54) is 0 Å². The zero-order valence-electron chi connectivity index (χ0n) is 10.1. The van der Waals surface area contributed by atoms with Crippen LogP contribution in [0.25, 0.3) is 0 Å². The van der Waals surface area contributed by atoms with E-state index < -0.39 is 0 Å². The highest BCUT2D eigenvalue weighted by Crippen LogP contribution is 2.19. The summed E-state index contributed by atoms with van der Waals surface area (Å²) in [5.74, 6) is -0.255. The number of nitrogens with one attached hydrogen (secondary N) is 1. The maximum atomic E-state index is 12.1. The smallest absolute Gasteiger partial charge is 0.270 e. The van der Waals surface area contributed by atoms with Crippen molar-refractivity contribution in [1.82, 2.24) is 10.3 Å². The third-order valence-corrected chi connectivity index (χ3v) is 3.31. The lowest BCUT2D eigenvalue weighted by molar-refractivity contribution is -0.126. The molecule has 6 nitrogen and oxygen atoms in total. The fourth-order valence-corrected chi connectivity index (χ4v) is 2.21. The van der Waals surface area contributed by atoms with Crippen molar-refractivity contribution in [3.05, 3.63) is 0 Å². The second-order valence-corrected chi connectivity index (χ2v) is 4.44. The first-order valence-corrected chi connectivity index (χ1v) is 5.83. The number of ether oxygens (including phenoxy) is 1. The Balaban J connectivity index is 2.02. The molecule has 0 aromatic rings. The van der Waals surface area contributed by atoms with Crippen LogP contribution in [0.1, 0.15) is 26.2 Å². The number of rotatable bonds is 2. The van der Waals surface area contributed by atoms with E-state index in [1.54, 1.807) is 11.9 Å². The van der Waals surface area contributed by atoms with E-state index in [1.807, 2.05) is 6.92 Å². The standard InChI is InChI=1S/C11H17N3O3/c1-7-9(5-6-17-7)14(2)11(16)8-3-4-10(15)13-12-8/h7,9H,3-6H2,1-2H3,(H,13,15). The molecule has 17 heavy (non-hydrogen) atoms. The van der Waals surface area contributed by atoms with Crippen LogP contribution in [-0.2, 0) is 14.3 Å². The Morgan fingerprint density at radius 2 is 2.29 bits per heavy atom. The number of nitrogens with zero attached hydrogens (tertiary/aromatic N) is 2. The second kappa shape index (κ2) is 4.83. The Morgan fingerprint density at radius 3 is 2.82 bits per heavy atom. The summed E-state index contributed by atoms with van der Waals surface area (Å²) in [6.07, 6.45) is 1.65. The van der Waals surface area contributed by atoms with Gasteiger partial charge in [-0.05, 0) is 13.3 Å². The molecule has 94 valence electrons. The summed E-state index contributed by atoms with van der Waals surface area (Å²) in [5, 5.41) is 3.81. The maximum Gasteiger partial charge on any atom is 0.270 e. The minimum Gasteiger partial charge on any atom is -0.376 e. The average Bonchev–Trinajstić information content (AvgIpc) is 2.74. The van der Waals surface area contributed by atoms with Crippen molar-refractivity contribution in [2.24, 2.45) is 5.10 Å². The predicted octanol–water partition coefficient (Wildman–Crippen LogP) is -0.112. The molecular weight excluding hydrogens is 222 g/mol. The van der Waals surface area contributed by atoms with Gasteiger partial charge in [0.15, 0.2) is 0 Å². The van der Waals surface area contributed by atoms with Gasteiger partial charge in [0.2, 0.25) is 5.91 Å². The van der Waals surface area contributed by atoms with Gasteiger partial charge in [0.05, 0.1) is 12.1 Å². The van der Waals surface area contributed by atoms with Gasteiger partial charge in [-0.2, -0.15) is 5.10 Å². The Bertz CT molecular complexity index is 367. The Morgan fingerprint density at radius 1 is 1.53 bits per heavy atom. The summed E-state index contributed by atoms with van der Waals surface area (Å²) in [4.78, 5) is 24.7. The first-order valence-electron chi connectivity index (χ1n) is 5.83. The fraction of sp³-hybridized carbons (Fsp3) is 0.727. The molecule has 2 atom stereocenters. The molecule has 2 rings (SSSR count). The molecule has 0 radical (unpaired) electrons. The van der Waals surface area contributed by atoms with Crippen LogP contribution < -0.4 is 5.43 Å². The van der Waals surface area contributed by atoms with Crippen LogP contribution in [-0.4, -0.2) is 48.2 Å². The van der Waals surface area contributed by atoms with Gasteiger partial charge in [0.25, 0.3) is 5.91 Å². The largest absolute Gasteiger partial charge is 0.376 e. The lowest BCUT2D eigenvalue weighted by Gasteiger charge is -2.27. The van der Waals surface area contributed by atoms with Crippen molar-refractivity contribution in [2.75, 3.05) is 13.7 Å². The number of hydrogen-bond acceptors (Lipinski definition) is 4. The van der Waals surface area contributed by atoms with Crippen LogP contribution in [0.2, 0.25) is 0 Å². The molecule has 0 aromatic carbocycles. The van der Waals surface area contributed by atoms with E-state index in [0.29, 0.717) is 25.2 Å². The number of hydrogen-bond donors (Lipinski definition) is 1. The SMILES string of the molecule is CC1OCCC1N(C)C(=O)C1=NNC(=O)CC1. The highest BCUT2D eigenvalue weighted by Gasteiger charge is 2.32. The van der Waals surface area contributed by atoms with Gasteiger partial charge < -0.3 is 9.64 Å². The summed E-state index contributed by atoms with van der Waals surface area (Å²) in [5.41, 5.74) is 2.76. The number of carbonyl (C=O) groups excluding carboxylic acids is 2. The van der Waals surface area contributed by atoms with Crippen LogP contribution in [0.4, 0.5) is 0 Å². The molecule has 2 heterocycles. The number of hydrazone groups is 1. The summed E-state index contributed by atoms with van der Waals surface area (Å²) in [6.45, 7) is 2.65. The molecule has 6 heteroatoms. The normalized spacial score (nSPS) is 28.6. The topological polar surface area (TPSA) is 71.0 Å². The Labute approximate surface area is 100.0 Å². The molecule has 0 spiro atoms. The van der Waals surface area contributed by atoms with E-state index in [9.17, 15) is 9.59 Å². The predicted molar refractivity (Wildman–Crippen MR) is 61.4 cm³/mol. The first kappa shape index (κ1) is 12.0. The Hall–Kier alpha value is -1.43. The van der Waals surface area contributed by atoms with Gasteiger partial charge in [-0.1, -0.05) is 0 Å². The molecule has 2 aliphatic rings. The van der Waals surface area contributed by atoms with E-state index >= 15 is 0 Å². The molecule has 0 bridgehead atoms. The quantitative estimate of drug-likeness (QED) is 0.730. The Kier molecular flexibility index (Phi) is 3.42. The van der Waals surface area contributed by atoms with Crippen LogP contribution in [0.5, 0.6) is 0 Å². The van der Waals surface area contributed by atoms with Gasteiger partial charge in [-0.25, -0.2) is 5.43 Å². The minimum absolute atomic E-state index is 0.0581. The highest BCUT2D eigenvalue weighted by atomic mass is 16.5. The van der Waals surface area contributed by atoms with Crippen molar-refractivity contribution in [3.8, 4) is 0 Å². The average molecular weight is 239 g/mol. The van der Waals surface area contributed by atoms with Crippen LogP contribution in [0.15, 0.2) is 5.10 Å². The van der Waals surface area contributed by atoms with Gasteiger partial charge in [0, 0.05) is 26.5 Å². The molecule has 0 saturated carbocycles. The molecule has 2 aliphatic heterocycles. The number of likely N-dealkylation sites (N-methyl/N-ethyl adjacent to an activating group) is 1. The van der Waals surface area contributed by atoms with Gasteiger partial charge in [-0.15, -0.1) is 0 Å². The van der Waals surface area contributed by atoms with Crippen molar-refractivity contribution in [3.63, 3.8) is 0 Å². The van der Waals surface area contributed by atoms with Crippen molar-refractivity contribution in [1.29, 1.82) is 0 Å². The molecule has 0 aromatic heterocycles. The summed E-state index contributed by atoms with van der Waals surface area (Å²) >= 11 is 0. The third kappa shape index (κ3) is 2.46. The monoisotopic (exact) mass is 239 g/mol. The summed E-state index contributed by atoms with van der Waals surface area (Å²) in [6, 6.07) is 0.0998. The highest BCUT2D eigenvalue weighted by molar-refractivity contribution is 6.39. The summed E-state index contributed by atoms with van der Waals surface area (Å²) in [7, 11) is 1.76. The van der Waals surface area contributed by atoms with Crippen LogP contribution in [0, 0.1) is 0 Å². The van der Waals surface area contributed by atoms with Crippen LogP contribution >= 0.6 is 0 Å². The minimum atomic E-state index is -0.137. The molecule has 1 saturated heterocycles. The molecular formula is C11H17N3O3. The first-order chi connectivity index (χ1) is 8.09. The van der Waals surface area contributed by atoms with Gasteiger partial charge >= 0.3 is 0 Å². The zero-order chi connectivity index (χ0) is 12.4. The molecule has 0 aliphatic carbocycles. The molecule has 1 fully saturated rings. The number of carbonyl (C=O) groups is 2. The molecule has 2 unspecified atom stereocenters. The van der Waals surface area contributed by atoms with Crippen molar-refractivity contribution in [2.45, 2.75) is 38.3 Å². The van der Waals surface area contributed by atoms with Crippen molar-refractivity contribution >= 4 is 17.5 Å². The van der Waals surface area contributed by atoms with E-state index in [0.717, 1.165) is 6.42 Å². The van der Waals surface area contributed by atoms with E-state index in [4.69, 9.17) is 4.74 Å². The van der Waals surface area contributed by atoms with E-state index in [2.05, 4.69) is 10.5 Å². The molecule has 1 N–H and O–H groups in total. The lowest BCUT2D eigenvalue weighted by atomic mass is 10.1. The third-order valence-electron chi connectivity index (χ3n) is 3.31. The zero-order valence-corrected chi connectivity index (χ0v) is 10.1. The van der Waals surface area contributed by atoms with Crippen LogP contribution in [0.3, 0.4) is 0 Å². The second-order valence-electron chi connectivity index (χ2n) is 4.44.